The van der Waals surface area contributed by atoms with Crippen LogP contribution < -0.4 is 0 Å². The maximum absolute atomic E-state index is 4.26. The van der Waals surface area contributed by atoms with Gasteiger partial charge in [0.2, 0.25) is 0 Å². The van der Waals surface area contributed by atoms with Crippen molar-refractivity contribution in [2.24, 2.45) is 9.98 Å². The van der Waals surface area contributed by atoms with Crippen LogP contribution in [-0.4, -0.2) is 18.5 Å². The Balaban J connectivity index is 2.83. The lowest BCUT2D eigenvalue weighted by atomic mass is 10.2. The highest BCUT2D eigenvalue weighted by molar-refractivity contribution is 6.08. The second-order valence-corrected chi connectivity index (χ2v) is 2.24. The molecule has 0 aromatic rings. The highest BCUT2D eigenvalue weighted by Crippen LogP contribution is 2.08. The smallest absolute Gasteiger partial charge is 0.0838 e. The lowest BCUT2D eigenvalue weighted by Gasteiger charge is -2.06. The molecule has 0 radical (unpaired) electrons. The summed E-state index contributed by atoms with van der Waals surface area (Å²) in [7, 11) is 0. The second-order valence-electron chi connectivity index (χ2n) is 2.24. The quantitative estimate of drug-likeness (QED) is 0.535. The van der Waals surface area contributed by atoms with E-state index in [0.29, 0.717) is 0 Å². The summed E-state index contributed by atoms with van der Waals surface area (Å²) >= 11 is 0. The summed E-state index contributed by atoms with van der Waals surface area (Å²) in [6, 6.07) is 0. The Morgan fingerprint density at radius 1 is 1.73 bits per heavy atom. The molecule has 58 valence electrons. The highest BCUT2D eigenvalue weighted by Gasteiger charge is 2.03. The molecular formula is C9H12N2. The molecule has 0 aliphatic carbocycles. The van der Waals surface area contributed by atoms with Gasteiger partial charge in [0.25, 0.3) is 0 Å². The van der Waals surface area contributed by atoms with Gasteiger partial charge >= 0.3 is 0 Å². The van der Waals surface area contributed by atoms with E-state index in [0.717, 1.165) is 24.4 Å². The van der Waals surface area contributed by atoms with Crippen molar-refractivity contribution >= 4 is 11.9 Å². The fraction of sp³-hybridized carbons (Fsp3) is 0.333. The van der Waals surface area contributed by atoms with Gasteiger partial charge in [0.05, 0.1) is 11.4 Å². The first kappa shape index (κ1) is 7.92. The molecule has 0 saturated carbocycles. The largest absolute Gasteiger partial charge is 0.283 e. The summed E-state index contributed by atoms with van der Waals surface area (Å²) in [5, 5.41) is 0. The normalized spacial score (nSPS) is 17.9. The van der Waals surface area contributed by atoms with Crippen molar-refractivity contribution < 1.29 is 0 Å². The van der Waals surface area contributed by atoms with Gasteiger partial charge in [0, 0.05) is 12.8 Å². The first-order valence-electron chi connectivity index (χ1n) is 3.74. The maximum Gasteiger partial charge on any atom is 0.0838 e. The summed E-state index contributed by atoms with van der Waals surface area (Å²) in [5.41, 5.74) is 1.86. The van der Waals surface area contributed by atoms with Gasteiger partial charge in [0.1, 0.15) is 0 Å². The van der Waals surface area contributed by atoms with Crippen LogP contribution >= 0.6 is 0 Å². The van der Waals surface area contributed by atoms with Crippen LogP contribution in [0.5, 0.6) is 0 Å². The molecule has 0 atom stereocenters. The summed E-state index contributed by atoms with van der Waals surface area (Å²) < 4.78 is 0. The van der Waals surface area contributed by atoms with Crippen LogP contribution in [-0.2, 0) is 0 Å². The Labute approximate surface area is 67.1 Å². The monoisotopic (exact) mass is 148 g/mol. The van der Waals surface area contributed by atoms with E-state index in [-0.39, 0.29) is 0 Å². The van der Waals surface area contributed by atoms with Crippen molar-refractivity contribution in [3.63, 3.8) is 0 Å². The zero-order valence-electron chi connectivity index (χ0n) is 6.75. The Morgan fingerprint density at radius 3 is 3.18 bits per heavy atom. The van der Waals surface area contributed by atoms with Gasteiger partial charge in [-0.3, -0.25) is 9.98 Å². The number of nitrogens with zero attached hydrogens (tertiary/aromatic N) is 2. The minimum absolute atomic E-state index is 0.865. The van der Waals surface area contributed by atoms with Gasteiger partial charge in [-0.2, -0.15) is 0 Å². The number of dihydropyridines is 1. The van der Waals surface area contributed by atoms with Gasteiger partial charge < -0.3 is 0 Å². The molecule has 0 amide bonds. The predicted octanol–water partition coefficient (Wildman–Crippen LogP) is 1.99. The molecule has 1 aliphatic rings. The SMILES string of the molecule is C=CC1=NCCC=C1N=CC. The number of hydrogen-bond donors (Lipinski definition) is 0. The van der Waals surface area contributed by atoms with Gasteiger partial charge in [-0.15, -0.1) is 0 Å². The molecule has 2 heteroatoms. The van der Waals surface area contributed by atoms with E-state index in [1.807, 2.05) is 6.92 Å². The molecule has 2 nitrogen and oxygen atoms in total. The molecule has 0 fully saturated rings. The van der Waals surface area contributed by atoms with Crippen molar-refractivity contribution in [1.82, 2.24) is 0 Å². The van der Waals surface area contributed by atoms with Crippen LogP contribution in [0.25, 0.3) is 0 Å². The molecule has 0 bridgehead atoms. The predicted molar refractivity (Wildman–Crippen MR) is 49.4 cm³/mol. The summed E-state index contributed by atoms with van der Waals surface area (Å²) in [4.78, 5) is 8.43. The van der Waals surface area contributed by atoms with Crippen molar-refractivity contribution in [3.8, 4) is 0 Å². The molecule has 1 aliphatic heterocycles. The molecule has 0 unspecified atom stereocenters. The molecule has 11 heavy (non-hydrogen) atoms. The molecule has 0 aromatic carbocycles. The van der Waals surface area contributed by atoms with E-state index in [1.165, 1.54) is 0 Å². The van der Waals surface area contributed by atoms with Gasteiger partial charge in [0.15, 0.2) is 0 Å². The highest BCUT2D eigenvalue weighted by atomic mass is 14.8. The Morgan fingerprint density at radius 2 is 2.55 bits per heavy atom. The number of allylic oxidation sites excluding steroid dienone is 1. The maximum atomic E-state index is 4.26. The second kappa shape index (κ2) is 3.86. The Hall–Kier alpha value is -1.18. The first-order chi connectivity index (χ1) is 5.38. The molecule has 0 saturated heterocycles. The third-order valence-corrected chi connectivity index (χ3v) is 1.47. The molecule has 0 spiro atoms. The zero-order chi connectivity index (χ0) is 8.10. The summed E-state index contributed by atoms with van der Waals surface area (Å²) in [6.07, 6.45) is 6.60. The zero-order valence-corrected chi connectivity index (χ0v) is 6.75. The fourth-order valence-electron chi connectivity index (χ4n) is 0.999. The van der Waals surface area contributed by atoms with Crippen LogP contribution in [0.3, 0.4) is 0 Å². The van der Waals surface area contributed by atoms with Crippen LogP contribution in [0.4, 0.5) is 0 Å². The van der Waals surface area contributed by atoms with Crippen LogP contribution in [0.1, 0.15) is 13.3 Å². The summed E-state index contributed by atoms with van der Waals surface area (Å²) in [6.45, 7) is 6.44. The molecule has 0 N–H and O–H groups in total. The van der Waals surface area contributed by atoms with Gasteiger partial charge in [-0.05, 0) is 19.4 Å². The number of rotatable bonds is 2. The van der Waals surface area contributed by atoms with Gasteiger partial charge in [-0.1, -0.05) is 12.7 Å². The molecule has 1 rings (SSSR count). The number of aliphatic imine (C=N–C) groups is 2. The van der Waals surface area contributed by atoms with E-state index < -0.39 is 0 Å². The number of hydrogen-bond acceptors (Lipinski definition) is 2. The molecule has 1 heterocycles. The fourth-order valence-corrected chi connectivity index (χ4v) is 0.999. The lowest BCUT2D eigenvalue weighted by molar-refractivity contribution is 0.978. The van der Waals surface area contributed by atoms with E-state index in [1.54, 1.807) is 12.3 Å². The Kier molecular flexibility index (Phi) is 2.78. The lowest BCUT2D eigenvalue weighted by Crippen LogP contribution is -2.03. The third kappa shape index (κ3) is 1.87. The average molecular weight is 148 g/mol. The van der Waals surface area contributed by atoms with Crippen LogP contribution in [0.15, 0.2) is 34.4 Å². The third-order valence-electron chi connectivity index (χ3n) is 1.47. The standard InChI is InChI=1S/C9H12N2/c1-3-8-9(10-4-2)6-5-7-11-8/h3-4,6H,1,5,7H2,2H3. The van der Waals surface area contributed by atoms with Crippen molar-refractivity contribution in [3.05, 3.63) is 24.4 Å². The topological polar surface area (TPSA) is 24.7 Å². The van der Waals surface area contributed by atoms with Crippen LogP contribution in [0, 0.1) is 0 Å². The molecular weight excluding hydrogens is 136 g/mol. The van der Waals surface area contributed by atoms with E-state index in [9.17, 15) is 0 Å². The first-order valence-corrected chi connectivity index (χ1v) is 3.74. The Bertz CT molecular complexity index is 234. The van der Waals surface area contributed by atoms with Crippen molar-refractivity contribution in [2.75, 3.05) is 6.54 Å². The van der Waals surface area contributed by atoms with E-state index >= 15 is 0 Å². The molecule has 0 aromatic heterocycles. The minimum atomic E-state index is 0.865. The van der Waals surface area contributed by atoms with Gasteiger partial charge in [-0.25, -0.2) is 0 Å². The van der Waals surface area contributed by atoms with Crippen LogP contribution in [0.2, 0.25) is 0 Å². The average Bonchev–Trinajstić information content (AvgIpc) is 2.06. The van der Waals surface area contributed by atoms with E-state index in [4.69, 9.17) is 0 Å². The van der Waals surface area contributed by atoms with Crippen molar-refractivity contribution in [1.29, 1.82) is 0 Å². The summed E-state index contributed by atoms with van der Waals surface area (Å²) in [5.74, 6) is 0. The van der Waals surface area contributed by atoms with E-state index in [2.05, 4.69) is 22.6 Å². The minimum Gasteiger partial charge on any atom is -0.283 e. The van der Waals surface area contributed by atoms with Crippen molar-refractivity contribution in [2.45, 2.75) is 13.3 Å².